The molecule has 39 heavy (non-hydrogen) atoms. The van der Waals surface area contributed by atoms with Gasteiger partial charge in [-0.05, 0) is 61.4 Å². The third-order valence-electron chi connectivity index (χ3n) is 6.08. The van der Waals surface area contributed by atoms with Gasteiger partial charge < -0.3 is 10.2 Å². The molecule has 0 amide bonds. The van der Waals surface area contributed by atoms with Crippen LogP contribution < -0.4 is 0 Å². The second-order valence-electron chi connectivity index (χ2n) is 8.90. The number of aromatic hydroxyl groups is 2. The third-order valence-corrected chi connectivity index (χ3v) is 6.08. The monoisotopic (exact) mass is 546 g/mol. The van der Waals surface area contributed by atoms with Crippen LogP contribution in [0, 0.1) is 13.8 Å². The number of hydrogen-bond donors (Lipinski definition) is 2. The van der Waals surface area contributed by atoms with Crippen LogP contribution in [0.4, 0.5) is 26.3 Å². The predicted octanol–water partition coefficient (Wildman–Crippen LogP) is 8.04. The van der Waals surface area contributed by atoms with Gasteiger partial charge in [0, 0.05) is 11.1 Å². The first kappa shape index (κ1) is 29.3. The number of alkyl halides is 6. The average Bonchev–Trinajstić information content (AvgIpc) is 2.86. The number of carbonyl (C=O) groups excluding carboxylic acids is 1. The third kappa shape index (κ3) is 6.25. The maximum Gasteiger partial charge on any atom is 0.411 e. The molecule has 4 rings (SSSR count). The van der Waals surface area contributed by atoms with E-state index in [1.165, 1.54) is 24.3 Å². The zero-order valence-electron chi connectivity index (χ0n) is 20.8. The van der Waals surface area contributed by atoms with E-state index in [0.717, 1.165) is 29.8 Å². The highest BCUT2D eigenvalue weighted by Crippen LogP contribution is 2.56. The van der Waals surface area contributed by atoms with Crippen molar-refractivity contribution in [2.45, 2.75) is 31.6 Å². The fourth-order valence-electron chi connectivity index (χ4n) is 3.98. The Labute approximate surface area is 221 Å². The topological polar surface area (TPSA) is 57.5 Å². The molecule has 0 unspecified atom stereocenters. The molecule has 4 aromatic rings. The number of aryl methyl sites for hydroxylation is 2. The second-order valence-corrected chi connectivity index (χ2v) is 8.90. The molecule has 0 bridgehead atoms. The molecule has 0 saturated heterocycles. The van der Waals surface area contributed by atoms with Gasteiger partial charge in [-0.1, -0.05) is 71.8 Å². The van der Waals surface area contributed by atoms with Crippen molar-refractivity contribution in [3.63, 3.8) is 0 Å². The largest absolute Gasteiger partial charge is 0.508 e. The van der Waals surface area contributed by atoms with Crippen LogP contribution in [0.15, 0.2) is 97.1 Å². The lowest BCUT2D eigenvalue weighted by molar-refractivity contribution is -0.288. The van der Waals surface area contributed by atoms with Crippen LogP contribution in [0.3, 0.4) is 0 Å². The highest BCUT2D eigenvalue weighted by atomic mass is 19.4. The molecule has 0 fully saturated rings. The van der Waals surface area contributed by atoms with Crippen LogP contribution in [0.1, 0.15) is 38.2 Å². The number of halogens is 6. The van der Waals surface area contributed by atoms with Crippen molar-refractivity contribution in [2.24, 2.45) is 0 Å². The Morgan fingerprint density at radius 2 is 0.795 bits per heavy atom. The number of ketones is 1. The Morgan fingerprint density at radius 3 is 1.15 bits per heavy atom. The van der Waals surface area contributed by atoms with Crippen molar-refractivity contribution in [1.29, 1.82) is 0 Å². The Kier molecular flexibility index (Phi) is 8.43. The molecular formula is C30H24F6O3. The predicted molar refractivity (Wildman–Crippen MR) is 135 cm³/mol. The molecule has 9 heteroatoms. The molecule has 0 aliphatic rings. The van der Waals surface area contributed by atoms with E-state index < -0.39 is 34.6 Å². The average molecular weight is 547 g/mol. The van der Waals surface area contributed by atoms with Gasteiger partial charge in [0.05, 0.1) is 0 Å². The van der Waals surface area contributed by atoms with Crippen LogP contribution in [0.25, 0.3) is 0 Å². The lowest BCUT2D eigenvalue weighted by Gasteiger charge is -2.38. The van der Waals surface area contributed by atoms with Gasteiger partial charge in [-0.3, -0.25) is 4.79 Å². The standard InChI is InChI=1S/C16H12F6O.C14H12O2/c1-10-2-4-11(5-3-10)14(15(17,18)19,16(20,21)22)12-6-8-13(23)9-7-12;1-10-2-4-11(5-3-10)14(16)12-6-8-13(15)9-7-12/h2-9,23H,1H3;2-9,15H,1H3. The normalized spacial score (nSPS) is 11.9. The SMILES string of the molecule is Cc1ccc(C(=O)c2ccc(O)cc2)cc1.Cc1ccc(C(c2ccc(O)cc2)(C(F)(F)F)C(F)(F)F)cc1. The van der Waals surface area contributed by atoms with E-state index in [4.69, 9.17) is 5.11 Å². The van der Waals surface area contributed by atoms with E-state index in [-0.39, 0.29) is 11.5 Å². The number of rotatable bonds is 4. The Morgan fingerprint density at radius 1 is 0.513 bits per heavy atom. The maximum atomic E-state index is 13.7. The number of benzene rings is 4. The second kappa shape index (κ2) is 11.2. The van der Waals surface area contributed by atoms with E-state index in [1.54, 1.807) is 19.1 Å². The quantitative estimate of drug-likeness (QED) is 0.201. The van der Waals surface area contributed by atoms with Crippen LogP contribution in [-0.4, -0.2) is 28.3 Å². The molecule has 2 N–H and O–H groups in total. The van der Waals surface area contributed by atoms with Crippen molar-refractivity contribution in [1.82, 2.24) is 0 Å². The molecule has 4 aromatic carbocycles. The van der Waals surface area contributed by atoms with E-state index in [9.17, 15) is 36.2 Å². The number of carbonyl (C=O) groups is 1. The van der Waals surface area contributed by atoms with Gasteiger partial charge in [0.15, 0.2) is 5.78 Å². The summed E-state index contributed by atoms with van der Waals surface area (Å²) in [6.45, 7) is 3.54. The summed E-state index contributed by atoms with van der Waals surface area (Å²) in [6.07, 6.45) is -11.2. The van der Waals surface area contributed by atoms with E-state index in [2.05, 4.69) is 0 Å². The highest BCUT2D eigenvalue weighted by Gasteiger charge is 2.72. The van der Waals surface area contributed by atoms with Crippen LogP contribution in [-0.2, 0) is 5.41 Å². The zero-order chi connectivity index (χ0) is 29.0. The van der Waals surface area contributed by atoms with Crippen LogP contribution in [0.2, 0.25) is 0 Å². The molecule has 0 spiro atoms. The molecule has 0 aromatic heterocycles. The van der Waals surface area contributed by atoms with Crippen molar-refractivity contribution in [2.75, 3.05) is 0 Å². The summed E-state index contributed by atoms with van der Waals surface area (Å²) >= 11 is 0. The Hall–Kier alpha value is -4.27. The zero-order valence-corrected chi connectivity index (χ0v) is 20.8. The van der Waals surface area contributed by atoms with E-state index in [1.807, 2.05) is 31.2 Å². The summed E-state index contributed by atoms with van der Waals surface area (Å²) in [5, 5.41) is 18.3. The summed E-state index contributed by atoms with van der Waals surface area (Å²) in [7, 11) is 0. The van der Waals surface area contributed by atoms with Crippen molar-refractivity contribution < 1.29 is 41.4 Å². The maximum absolute atomic E-state index is 13.7. The van der Waals surface area contributed by atoms with Crippen LogP contribution >= 0.6 is 0 Å². The molecule has 3 nitrogen and oxygen atoms in total. The van der Waals surface area contributed by atoms with Gasteiger partial charge in [-0.25, -0.2) is 0 Å². The molecule has 0 atom stereocenters. The highest BCUT2D eigenvalue weighted by molar-refractivity contribution is 6.09. The first-order valence-corrected chi connectivity index (χ1v) is 11.6. The summed E-state index contributed by atoms with van der Waals surface area (Å²) in [5.41, 5.74) is -3.17. The molecular weight excluding hydrogens is 522 g/mol. The molecule has 0 aliphatic heterocycles. The van der Waals surface area contributed by atoms with Gasteiger partial charge in [-0.15, -0.1) is 0 Å². The van der Waals surface area contributed by atoms with Crippen molar-refractivity contribution in [3.05, 3.63) is 130 Å². The van der Waals surface area contributed by atoms with Gasteiger partial charge >= 0.3 is 12.4 Å². The van der Waals surface area contributed by atoms with Crippen molar-refractivity contribution >= 4 is 5.78 Å². The minimum atomic E-state index is -5.61. The van der Waals surface area contributed by atoms with E-state index in [0.29, 0.717) is 28.8 Å². The molecule has 204 valence electrons. The molecule has 0 radical (unpaired) electrons. The van der Waals surface area contributed by atoms with Gasteiger partial charge in [0.1, 0.15) is 11.5 Å². The van der Waals surface area contributed by atoms with Crippen molar-refractivity contribution in [3.8, 4) is 11.5 Å². The summed E-state index contributed by atoms with van der Waals surface area (Å²) in [5.74, 6) is -0.281. The van der Waals surface area contributed by atoms with Gasteiger partial charge in [0.25, 0.3) is 0 Å². The number of phenolic OH excluding ortho intramolecular Hbond substituents is 2. The Balaban J connectivity index is 0.000000230. The Bertz CT molecular complexity index is 1280. The number of phenols is 2. The smallest absolute Gasteiger partial charge is 0.411 e. The van der Waals surface area contributed by atoms with E-state index >= 15 is 0 Å². The minimum absolute atomic E-state index is 0.0278. The summed E-state index contributed by atoms with van der Waals surface area (Å²) in [6, 6.07) is 20.6. The summed E-state index contributed by atoms with van der Waals surface area (Å²) < 4.78 is 82.0. The molecule has 0 saturated carbocycles. The van der Waals surface area contributed by atoms with Crippen LogP contribution in [0.5, 0.6) is 11.5 Å². The summed E-state index contributed by atoms with van der Waals surface area (Å²) in [4.78, 5) is 12.0. The molecule has 0 aliphatic carbocycles. The lowest BCUT2D eigenvalue weighted by atomic mass is 9.73. The lowest BCUT2D eigenvalue weighted by Crippen LogP contribution is -2.54. The first-order valence-electron chi connectivity index (χ1n) is 11.6. The fourth-order valence-corrected chi connectivity index (χ4v) is 3.98. The van der Waals surface area contributed by atoms with Gasteiger partial charge in [-0.2, -0.15) is 26.3 Å². The fraction of sp³-hybridized carbons (Fsp3) is 0.167. The molecule has 0 heterocycles. The number of hydrogen-bond acceptors (Lipinski definition) is 3. The first-order chi connectivity index (χ1) is 18.2. The minimum Gasteiger partial charge on any atom is -0.508 e. The van der Waals surface area contributed by atoms with Gasteiger partial charge in [0.2, 0.25) is 5.41 Å².